The zero-order chi connectivity index (χ0) is 25.1. The third kappa shape index (κ3) is 3.63. The summed E-state index contributed by atoms with van der Waals surface area (Å²) in [5.41, 5.74) is 5.17. The van der Waals surface area contributed by atoms with Crippen LogP contribution in [-0.4, -0.2) is 9.97 Å². The van der Waals surface area contributed by atoms with Gasteiger partial charge in [-0.15, -0.1) is 0 Å². The van der Waals surface area contributed by atoms with Gasteiger partial charge in [-0.25, -0.2) is 0 Å². The Morgan fingerprint density at radius 1 is 0.765 bits per heavy atom. The fraction of sp³-hybridized carbons (Fsp3) is 0.161. The molecule has 0 spiro atoms. The molecule has 0 aliphatic heterocycles. The van der Waals surface area contributed by atoms with Gasteiger partial charge in [0.05, 0.1) is 11.4 Å². The number of fused-ring (bicyclic) bond motifs is 5. The van der Waals surface area contributed by atoms with Gasteiger partial charge >= 0.3 is 0 Å². The predicted molar refractivity (Wildman–Crippen MR) is 141 cm³/mol. The second-order valence-corrected chi connectivity index (χ2v) is 9.68. The first-order valence-corrected chi connectivity index (χ1v) is 11.5. The van der Waals surface area contributed by atoms with Crippen LogP contribution in [0, 0.1) is 5.41 Å². The molecule has 6 rings (SSSR count). The number of pyridine rings is 2. The van der Waals surface area contributed by atoms with Crippen molar-refractivity contribution in [3.05, 3.63) is 96.8 Å². The lowest BCUT2D eigenvalue weighted by Gasteiger charge is -2.17. The first-order valence-electron chi connectivity index (χ1n) is 12.5. The molecule has 0 aliphatic rings. The molecule has 0 amide bonds. The fourth-order valence-electron chi connectivity index (χ4n) is 4.54. The zero-order valence-corrected chi connectivity index (χ0v) is 19.5. The molecule has 0 fully saturated rings. The summed E-state index contributed by atoms with van der Waals surface area (Å²) in [7, 11) is 0. The Morgan fingerprint density at radius 3 is 2.41 bits per heavy atom. The van der Waals surface area contributed by atoms with E-state index >= 15 is 0 Å². The van der Waals surface area contributed by atoms with Gasteiger partial charge in [0, 0.05) is 42.4 Å². The first kappa shape index (κ1) is 18.4. The van der Waals surface area contributed by atoms with Gasteiger partial charge < -0.3 is 4.42 Å². The molecule has 0 bridgehead atoms. The second kappa shape index (κ2) is 7.81. The highest BCUT2D eigenvalue weighted by Gasteiger charge is 2.16. The summed E-state index contributed by atoms with van der Waals surface area (Å²) < 4.78 is 23.5. The van der Waals surface area contributed by atoms with Crippen LogP contribution in [0.5, 0.6) is 0 Å². The average molecular weight is 445 g/mol. The van der Waals surface area contributed by atoms with E-state index in [0.717, 1.165) is 55.2 Å². The van der Waals surface area contributed by atoms with Crippen LogP contribution in [0.2, 0.25) is 0 Å². The smallest absolute Gasteiger partial charge is 0.144 e. The van der Waals surface area contributed by atoms with Gasteiger partial charge in [0.1, 0.15) is 11.2 Å². The summed E-state index contributed by atoms with van der Waals surface area (Å²) in [4.78, 5) is 9.26. The Hall–Kier alpha value is -3.98. The number of rotatable bonds is 3. The molecular weight excluding hydrogens is 416 g/mol. The zero-order valence-electron chi connectivity index (χ0n) is 21.5. The number of benzene rings is 3. The molecule has 0 atom stereocenters. The second-order valence-electron chi connectivity index (χ2n) is 9.68. The minimum Gasteiger partial charge on any atom is -0.455 e. The van der Waals surface area contributed by atoms with Crippen LogP contribution < -0.4 is 0 Å². The number of nitrogens with zero attached hydrogens (tertiary/aromatic N) is 2. The molecular formula is C31H26N2O. The highest BCUT2D eigenvalue weighted by atomic mass is 16.3. The van der Waals surface area contributed by atoms with Crippen LogP contribution in [0.15, 0.2) is 95.7 Å². The van der Waals surface area contributed by atoms with Gasteiger partial charge in [0.2, 0.25) is 0 Å². The maximum Gasteiger partial charge on any atom is 0.144 e. The average Bonchev–Trinajstić information content (AvgIpc) is 3.28. The SMILES string of the molecule is [2H]C([2H])(c1ccc(-c2ccnc(-c3cccc4c3oc3c5ccccc5ccc43)c2)nc1)C(C)(C)C. The normalized spacial score (nSPS) is 13.4. The van der Waals surface area contributed by atoms with Gasteiger partial charge in [0.25, 0.3) is 0 Å². The van der Waals surface area contributed by atoms with E-state index in [1.807, 2.05) is 69.3 Å². The van der Waals surface area contributed by atoms with Crippen molar-refractivity contribution in [1.82, 2.24) is 9.97 Å². The molecule has 0 unspecified atom stereocenters. The van der Waals surface area contributed by atoms with E-state index in [1.165, 1.54) is 0 Å². The van der Waals surface area contributed by atoms with E-state index < -0.39 is 11.8 Å². The van der Waals surface area contributed by atoms with Crippen molar-refractivity contribution in [2.75, 3.05) is 0 Å². The Labute approximate surface area is 201 Å². The van der Waals surface area contributed by atoms with Gasteiger partial charge in [-0.2, -0.15) is 0 Å². The molecule has 0 radical (unpaired) electrons. The highest BCUT2D eigenvalue weighted by Crippen LogP contribution is 2.38. The lowest BCUT2D eigenvalue weighted by molar-refractivity contribution is 0.411. The van der Waals surface area contributed by atoms with Crippen LogP contribution in [0.25, 0.3) is 55.2 Å². The Morgan fingerprint density at radius 2 is 1.59 bits per heavy atom. The van der Waals surface area contributed by atoms with E-state index in [2.05, 4.69) is 40.3 Å². The molecule has 3 heteroatoms. The minimum atomic E-state index is -1.48. The number of furan rings is 1. The van der Waals surface area contributed by atoms with Crippen molar-refractivity contribution in [3.63, 3.8) is 0 Å². The van der Waals surface area contributed by atoms with Crippen molar-refractivity contribution in [2.45, 2.75) is 27.1 Å². The monoisotopic (exact) mass is 444 g/mol. The third-order valence-corrected chi connectivity index (χ3v) is 6.00. The van der Waals surface area contributed by atoms with Crippen LogP contribution >= 0.6 is 0 Å². The van der Waals surface area contributed by atoms with Gasteiger partial charge in [-0.1, -0.05) is 69.3 Å². The van der Waals surface area contributed by atoms with E-state index in [0.29, 0.717) is 5.56 Å². The molecule has 0 saturated heterocycles. The fourth-order valence-corrected chi connectivity index (χ4v) is 4.54. The van der Waals surface area contributed by atoms with E-state index in [4.69, 9.17) is 7.16 Å². The number of para-hydroxylation sites is 1. The molecule has 0 aliphatic carbocycles. The molecule has 3 nitrogen and oxygen atoms in total. The maximum atomic E-state index is 8.52. The van der Waals surface area contributed by atoms with Crippen molar-refractivity contribution in [1.29, 1.82) is 0 Å². The summed E-state index contributed by atoms with van der Waals surface area (Å²) in [6.07, 6.45) is 1.94. The molecule has 6 aromatic rings. The molecule has 166 valence electrons. The third-order valence-electron chi connectivity index (χ3n) is 6.00. The summed E-state index contributed by atoms with van der Waals surface area (Å²) in [6, 6.07) is 26.3. The molecule has 3 heterocycles. The van der Waals surface area contributed by atoms with Gasteiger partial charge in [-0.3, -0.25) is 9.97 Å². The summed E-state index contributed by atoms with van der Waals surface area (Å²) >= 11 is 0. The quantitative estimate of drug-likeness (QED) is 0.275. The Kier molecular flexibility index (Phi) is 4.24. The van der Waals surface area contributed by atoms with Crippen LogP contribution in [0.1, 0.15) is 29.1 Å². The topological polar surface area (TPSA) is 38.9 Å². The molecule has 0 N–H and O–H groups in total. The lowest BCUT2D eigenvalue weighted by atomic mass is 9.89. The van der Waals surface area contributed by atoms with E-state index in [9.17, 15) is 0 Å². The number of hydrogen-bond donors (Lipinski definition) is 0. The largest absolute Gasteiger partial charge is 0.455 e. The maximum absolute atomic E-state index is 8.52. The first-order chi connectivity index (χ1) is 17.2. The van der Waals surface area contributed by atoms with E-state index in [-0.39, 0.29) is 0 Å². The van der Waals surface area contributed by atoms with Crippen LogP contribution in [0.4, 0.5) is 0 Å². The van der Waals surface area contributed by atoms with Crippen molar-refractivity contribution < 1.29 is 7.16 Å². The van der Waals surface area contributed by atoms with Crippen molar-refractivity contribution in [2.24, 2.45) is 5.41 Å². The van der Waals surface area contributed by atoms with Gasteiger partial charge in [-0.05, 0) is 53.1 Å². The minimum absolute atomic E-state index is 0.531. The van der Waals surface area contributed by atoms with E-state index in [1.54, 1.807) is 12.4 Å². The standard InChI is InChI=1S/C31H26N2O/c1-31(2,3)18-20-11-14-27(33-19-20)22-15-16-32-28(17-22)26-10-6-9-24-25-13-12-21-7-4-5-8-23(21)29(25)34-30(24)26/h4-17,19H,18H2,1-3H3/i18D2. The summed E-state index contributed by atoms with van der Waals surface area (Å²) in [6.45, 7) is 5.70. The van der Waals surface area contributed by atoms with Gasteiger partial charge in [0.15, 0.2) is 0 Å². The highest BCUT2D eigenvalue weighted by molar-refractivity contribution is 6.17. The van der Waals surface area contributed by atoms with Crippen LogP contribution in [-0.2, 0) is 6.37 Å². The summed E-state index contributed by atoms with van der Waals surface area (Å²) in [5, 5.41) is 4.40. The molecule has 34 heavy (non-hydrogen) atoms. The van der Waals surface area contributed by atoms with Crippen molar-refractivity contribution >= 4 is 32.7 Å². The van der Waals surface area contributed by atoms with Crippen molar-refractivity contribution in [3.8, 4) is 22.5 Å². The van der Waals surface area contributed by atoms with Crippen LogP contribution in [0.3, 0.4) is 0 Å². The Balaban J connectivity index is 1.45. The Bertz CT molecular complexity index is 1750. The molecule has 3 aromatic carbocycles. The lowest BCUT2D eigenvalue weighted by Crippen LogP contribution is -2.09. The number of hydrogen-bond acceptors (Lipinski definition) is 3. The number of aromatic nitrogens is 2. The summed E-state index contributed by atoms with van der Waals surface area (Å²) in [5.74, 6) is 0. The molecule has 0 saturated carbocycles. The molecule has 3 aromatic heterocycles. The predicted octanol–water partition coefficient (Wildman–Crippen LogP) is 8.45.